The molecule has 1 amide bonds. The van der Waals surface area contributed by atoms with Crippen molar-refractivity contribution in [2.24, 2.45) is 0 Å². The van der Waals surface area contributed by atoms with Gasteiger partial charge in [0.25, 0.3) is 5.91 Å². The number of thiophene rings is 1. The molecule has 0 spiro atoms. The summed E-state index contributed by atoms with van der Waals surface area (Å²) in [4.78, 5) is 14.0. The first-order valence-electron chi connectivity index (χ1n) is 7.99. The summed E-state index contributed by atoms with van der Waals surface area (Å²) in [6, 6.07) is 11.3. The first-order chi connectivity index (χ1) is 11.9. The molecule has 4 rings (SSSR count). The van der Waals surface area contributed by atoms with Gasteiger partial charge in [-0.3, -0.25) is 4.79 Å². The van der Waals surface area contributed by atoms with Crippen LogP contribution >= 0.6 is 11.3 Å². The topological polar surface area (TPSA) is 81.1 Å². The van der Waals surface area contributed by atoms with Crippen molar-refractivity contribution in [1.82, 2.24) is 15.1 Å². The van der Waals surface area contributed by atoms with Crippen molar-refractivity contribution in [3.05, 3.63) is 47.0 Å². The van der Waals surface area contributed by atoms with Gasteiger partial charge in [-0.25, -0.2) is 13.1 Å². The van der Waals surface area contributed by atoms with E-state index in [4.69, 9.17) is 0 Å². The van der Waals surface area contributed by atoms with Crippen LogP contribution < -0.4 is 5.32 Å². The highest BCUT2D eigenvalue weighted by molar-refractivity contribution is 7.91. The SMILES string of the molecule is Cc1nn(-c2ccccc2)c2sc(C(=O)N[C@@H]3CCS(=O)(=O)C3)cc12. The zero-order valence-corrected chi connectivity index (χ0v) is 15.2. The second-order valence-electron chi connectivity index (χ2n) is 6.24. The van der Waals surface area contributed by atoms with Crippen LogP contribution in [0, 0.1) is 6.92 Å². The van der Waals surface area contributed by atoms with Gasteiger partial charge in [-0.2, -0.15) is 5.10 Å². The molecule has 3 aromatic rings. The van der Waals surface area contributed by atoms with Gasteiger partial charge in [0.1, 0.15) is 4.83 Å². The van der Waals surface area contributed by atoms with Crippen LogP contribution in [0.4, 0.5) is 0 Å². The molecule has 1 aliphatic rings. The number of sulfone groups is 1. The molecule has 1 atom stereocenters. The molecular formula is C17H17N3O3S2. The van der Waals surface area contributed by atoms with E-state index in [1.54, 1.807) is 0 Å². The van der Waals surface area contributed by atoms with Crippen LogP contribution in [0.15, 0.2) is 36.4 Å². The van der Waals surface area contributed by atoms with E-state index < -0.39 is 9.84 Å². The third-order valence-electron chi connectivity index (χ3n) is 4.34. The van der Waals surface area contributed by atoms with E-state index in [9.17, 15) is 13.2 Å². The highest BCUT2D eigenvalue weighted by Crippen LogP contribution is 2.30. The van der Waals surface area contributed by atoms with Gasteiger partial charge in [0, 0.05) is 11.4 Å². The lowest BCUT2D eigenvalue weighted by atomic mass is 10.2. The van der Waals surface area contributed by atoms with Crippen molar-refractivity contribution in [1.29, 1.82) is 0 Å². The maximum atomic E-state index is 12.5. The Labute approximate surface area is 149 Å². The number of amides is 1. The largest absolute Gasteiger partial charge is 0.348 e. The molecule has 1 aliphatic heterocycles. The fourth-order valence-corrected chi connectivity index (χ4v) is 5.83. The number of nitrogens with zero attached hydrogens (tertiary/aromatic N) is 2. The summed E-state index contributed by atoms with van der Waals surface area (Å²) in [6.07, 6.45) is 0.482. The Morgan fingerprint density at radius 2 is 2.08 bits per heavy atom. The molecule has 1 aromatic carbocycles. The number of hydrogen-bond donors (Lipinski definition) is 1. The number of para-hydroxylation sites is 1. The van der Waals surface area contributed by atoms with E-state index in [1.807, 2.05) is 48.0 Å². The normalized spacial score (nSPS) is 19.3. The third kappa shape index (κ3) is 3.07. The van der Waals surface area contributed by atoms with Crippen molar-refractivity contribution in [2.45, 2.75) is 19.4 Å². The van der Waals surface area contributed by atoms with Gasteiger partial charge in [-0.1, -0.05) is 18.2 Å². The Morgan fingerprint density at radius 3 is 2.76 bits per heavy atom. The summed E-state index contributed by atoms with van der Waals surface area (Å²) < 4.78 is 24.9. The predicted octanol–water partition coefficient (Wildman–Crippen LogP) is 2.31. The van der Waals surface area contributed by atoms with E-state index in [1.165, 1.54) is 11.3 Å². The molecule has 25 heavy (non-hydrogen) atoms. The van der Waals surface area contributed by atoms with Crippen LogP contribution in [-0.4, -0.2) is 41.7 Å². The third-order valence-corrected chi connectivity index (χ3v) is 7.21. The number of aromatic nitrogens is 2. The molecular weight excluding hydrogens is 358 g/mol. The minimum absolute atomic E-state index is 0.0282. The van der Waals surface area contributed by atoms with Crippen molar-refractivity contribution in [2.75, 3.05) is 11.5 Å². The first-order valence-corrected chi connectivity index (χ1v) is 10.6. The van der Waals surface area contributed by atoms with E-state index >= 15 is 0 Å². The molecule has 1 saturated heterocycles. The van der Waals surface area contributed by atoms with Crippen molar-refractivity contribution < 1.29 is 13.2 Å². The minimum atomic E-state index is -3.01. The number of carbonyl (C=O) groups excluding carboxylic acids is 1. The molecule has 2 aromatic heterocycles. The van der Waals surface area contributed by atoms with Gasteiger partial charge >= 0.3 is 0 Å². The van der Waals surface area contributed by atoms with Crippen LogP contribution in [-0.2, 0) is 9.84 Å². The zero-order chi connectivity index (χ0) is 17.6. The number of rotatable bonds is 3. The van der Waals surface area contributed by atoms with Crippen molar-refractivity contribution in [3.63, 3.8) is 0 Å². The predicted molar refractivity (Wildman–Crippen MR) is 98.2 cm³/mol. The summed E-state index contributed by atoms with van der Waals surface area (Å²) in [5.74, 6) is -0.0466. The number of benzene rings is 1. The van der Waals surface area contributed by atoms with Crippen LogP contribution in [0.25, 0.3) is 15.9 Å². The molecule has 130 valence electrons. The smallest absolute Gasteiger partial charge is 0.261 e. The Kier molecular flexibility index (Phi) is 3.88. The summed E-state index contributed by atoms with van der Waals surface area (Å²) in [5.41, 5.74) is 1.80. The Hall–Kier alpha value is -2.19. The van der Waals surface area contributed by atoms with Gasteiger partial charge in [-0.15, -0.1) is 11.3 Å². The lowest BCUT2D eigenvalue weighted by molar-refractivity contribution is 0.0945. The van der Waals surface area contributed by atoms with Crippen LogP contribution in [0.1, 0.15) is 21.8 Å². The maximum Gasteiger partial charge on any atom is 0.261 e. The zero-order valence-electron chi connectivity index (χ0n) is 13.6. The Bertz CT molecular complexity index is 1050. The second-order valence-corrected chi connectivity index (χ2v) is 9.50. The number of carbonyl (C=O) groups is 1. The molecule has 0 radical (unpaired) electrons. The van der Waals surface area contributed by atoms with E-state index in [2.05, 4.69) is 10.4 Å². The number of hydrogen-bond acceptors (Lipinski definition) is 5. The van der Waals surface area contributed by atoms with Gasteiger partial charge < -0.3 is 5.32 Å². The minimum Gasteiger partial charge on any atom is -0.348 e. The quantitative estimate of drug-likeness (QED) is 0.762. The average molecular weight is 375 g/mol. The Balaban J connectivity index is 1.64. The number of fused-ring (bicyclic) bond motifs is 1. The number of aryl methyl sites for hydroxylation is 1. The molecule has 6 nitrogen and oxygen atoms in total. The van der Waals surface area contributed by atoms with E-state index in [0.717, 1.165) is 21.6 Å². The van der Waals surface area contributed by atoms with Crippen molar-refractivity contribution >= 4 is 37.3 Å². The molecule has 3 heterocycles. The molecule has 0 unspecified atom stereocenters. The average Bonchev–Trinajstić information content (AvgIpc) is 3.24. The fraction of sp³-hybridized carbons (Fsp3) is 0.294. The highest BCUT2D eigenvalue weighted by atomic mass is 32.2. The van der Waals surface area contributed by atoms with E-state index in [0.29, 0.717) is 11.3 Å². The summed E-state index contributed by atoms with van der Waals surface area (Å²) >= 11 is 1.37. The number of nitrogens with one attached hydrogen (secondary N) is 1. The Morgan fingerprint density at radius 1 is 1.32 bits per heavy atom. The molecule has 1 N–H and O–H groups in total. The molecule has 0 bridgehead atoms. The van der Waals surface area contributed by atoms with Gasteiger partial charge in [0.15, 0.2) is 9.84 Å². The fourth-order valence-electron chi connectivity index (χ4n) is 3.07. The summed E-state index contributed by atoms with van der Waals surface area (Å²) in [7, 11) is -3.01. The summed E-state index contributed by atoms with van der Waals surface area (Å²) in [5, 5.41) is 8.34. The molecule has 8 heteroatoms. The van der Waals surface area contributed by atoms with Gasteiger partial charge in [-0.05, 0) is 31.5 Å². The first kappa shape index (κ1) is 16.3. The lowest BCUT2D eigenvalue weighted by Crippen LogP contribution is -2.35. The highest BCUT2D eigenvalue weighted by Gasteiger charge is 2.29. The summed E-state index contributed by atoms with van der Waals surface area (Å²) in [6.45, 7) is 1.92. The van der Waals surface area contributed by atoms with Crippen LogP contribution in [0.3, 0.4) is 0 Å². The molecule has 1 fully saturated rings. The van der Waals surface area contributed by atoms with Crippen molar-refractivity contribution in [3.8, 4) is 5.69 Å². The lowest BCUT2D eigenvalue weighted by Gasteiger charge is -2.09. The van der Waals surface area contributed by atoms with Gasteiger partial charge in [0.05, 0.1) is 27.8 Å². The standard InChI is InChI=1S/C17H17N3O3S2/c1-11-14-9-15(16(21)18-12-7-8-25(22,23)10-12)24-17(14)20(19-11)13-5-3-2-4-6-13/h2-6,9,12H,7-8,10H2,1H3,(H,18,21)/t12-/m1/s1. The monoisotopic (exact) mass is 375 g/mol. The van der Waals surface area contributed by atoms with Crippen LogP contribution in [0.5, 0.6) is 0 Å². The molecule has 0 saturated carbocycles. The van der Waals surface area contributed by atoms with E-state index in [-0.39, 0.29) is 23.5 Å². The van der Waals surface area contributed by atoms with Gasteiger partial charge in [0.2, 0.25) is 0 Å². The maximum absolute atomic E-state index is 12.5. The second kappa shape index (κ2) is 5.96. The van der Waals surface area contributed by atoms with Crippen LogP contribution in [0.2, 0.25) is 0 Å². The molecule has 0 aliphatic carbocycles.